The van der Waals surface area contributed by atoms with Gasteiger partial charge in [-0.1, -0.05) is 6.42 Å². The zero-order chi connectivity index (χ0) is 9.10. The van der Waals surface area contributed by atoms with Crippen molar-refractivity contribution in [2.75, 3.05) is 19.6 Å². The molecule has 0 aromatic heterocycles. The molecule has 2 fully saturated rings. The van der Waals surface area contributed by atoms with Gasteiger partial charge >= 0.3 is 0 Å². The fourth-order valence-electron chi connectivity index (χ4n) is 2.46. The van der Waals surface area contributed by atoms with E-state index in [2.05, 4.69) is 17.1 Å². The zero-order valence-corrected chi connectivity index (χ0v) is 8.68. The van der Waals surface area contributed by atoms with Gasteiger partial charge in [-0.3, -0.25) is 4.90 Å². The van der Waals surface area contributed by atoms with Crippen molar-refractivity contribution >= 4 is 0 Å². The van der Waals surface area contributed by atoms with Gasteiger partial charge in [0.05, 0.1) is 0 Å². The molecule has 0 aromatic carbocycles. The molecule has 1 radical (unpaired) electrons. The molecule has 2 aliphatic heterocycles. The summed E-state index contributed by atoms with van der Waals surface area (Å²) in [6.07, 6.45) is 6.87. The lowest BCUT2D eigenvalue weighted by atomic mass is 10.0. The molecule has 1 unspecified atom stereocenters. The largest absolute Gasteiger partial charge is 0.313 e. The molecule has 0 aliphatic carbocycles. The van der Waals surface area contributed by atoms with E-state index in [1.807, 2.05) is 0 Å². The molecule has 2 aliphatic rings. The molecule has 0 aromatic rings. The molecule has 2 nitrogen and oxygen atoms in total. The Kier molecular flexibility index (Phi) is 3.23. The van der Waals surface area contributed by atoms with Gasteiger partial charge in [-0.25, -0.2) is 0 Å². The summed E-state index contributed by atoms with van der Waals surface area (Å²) in [6.45, 7) is 6.08. The average molecular weight is 181 g/mol. The van der Waals surface area contributed by atoms with Crippen molar-refractivity contribution in [3.05, 3.63) is 6.04 Å². The van der Waals surface area contributed by atoms with Crippen LogP contribution in [0, 0.1) is 6.04 Å². The van der Waals surface area contributed by atoms with Crippen LogP contribution in [0.5, 0.6) is 0 Å². The summed E-state index contributed by atoms with van der Waals surface area (Å²) < 4.78 is 0. The van der Waals surface area contributed by atoms with Gasteiger partial charge in [0.2, 0.25) is 0 Å². The number of hydrogen-bond acceptors (Lipinski definition) is 2. The Labute approximate surface area is 81.7 Å². The third-order valence-corrected chi connectivity index (χ3v) is 3.36. The number of nitrogens with zero attached hydrogens (tertiary/aromatic N) is 1. The summed E-state index contributed by atoms with van der Waals surface area (Å²) in [6, 6.07) is 2.38. The first kappa shape index (κ1) is 9.47. The van der Waals surface area contributed by atoms with Crippen LogP contribution in [0.4, 0.5) is 0 Å². The molecule has 2 saturated heterocycles. The van der Waals surface area contributed by atoms with Crippen LogP contribution in [-0.4, -0.2) is 30.6 Å². The van der Waals surface area contributed by atoms with Gasteiger partial charge in [0.25, 0.3) is 0 Å². The van der Waals surface area contributed by atoms with Crippen LogP contribution in [0.3, 0.4) is 0 Å². The van der Waals surface area contributed by atoms with Crippen molar-refractivity contribution in [2.45, 2.75) is 45.1 Å². The third kappa shape index (κ3) is 2.44. The zero-order valence-electron chi connectivity index (χ0n) is 8.68. The van der Waals surface area contributed by atoms with Crippen LogP contribution >= 0.6 is 0 Å². The van der Waals surface area contributed by atoms with E-state index in [0.717, 1.165) is 6.04 Å². The number of hydrogen-bond donors (Lipinski definition) is 1. The van der Waals surface area contributed by atoms with Crippen molar-refractivity contribution in [1.29, 1.82) is 0 Å². The second-order valence-corrected chi connectivity index (χ2v) is 4.43. The topological polar surface area (TPSA) is 15.3 Å². The van der Waals surface area contributed by atoms with E-state index in [1.165, 1.54) is 51.7 Å². The Morgan fingerprint density at radius 2 is 2.31 bits per heavy atom. The van der Waals surface area contributed by atoms with Crippen molar-refractivity contribution in [3.8, 4) is 0 Å². The van der Waals surface area contributed by atoms with Crippen molar-refractivity contribution < 1.29 is 0 Å². The highest BCUT2D eigenvalue weighted by molar-refractivity contribution is 4.91. The molecule has 0 amide bonds. The highest BCUT2D eigenvalue weighted by Gasteiger charge is 2.23. The maximum atomic E-state index is 3.57. The number of piperidine rings is 1. The fraction of sp³-hybridized carbons (Fsp3) is 0.909. The quantitative estimate of drug-likeness (QED) is 0.698. The smallest absolute Gasteiger partial charge is 0.0363 e. The monoisotopic (exact) mass is 181 g/mol. The minimum absolute atomic E-state index is 0.771. The minimum atomic E-state index is 0.771. The Balaban J connectivity index is 1.78. The molecular formula is C11H21N2. The van der Waals surface area contributed by atoms with E-state index in [0.29, 0.717) is 0 Å². The van der Waals surface area contributed by atoms with E-state index >= 15 is 0 Å². The highest BCUT2D eigenvalue weighted by atomic mass is 15.2. The SMILES string of the molecule is C[C]1CCCCN1CC1CCCN1. The van der Waals surface area contributed by atoms with Crippen LogP contribution in [0.1, 0.15) is 39.0 Å². The number of rotatable bonds is 2. The molecule has 2 rings (SSSR count). The first-order valence-electron chi connectivity index (χ1n) is 5.67. The Morgan fingerprint density at radius 1 is 1.38 bits per heavy atom. The molecule has 2 heteroatoms. The van der Waals surface area contributed by atoms with Crippen LogP contribution in [0.15, 0.2) is 0 Å². The van der Waals surface area contributed by atoms with Gasteiger partial charge in [0, 0.05) is 18.6 Å². The van der Waals surface area contributed by atoms with E-state index < -0.39 is 0 Å². The molecule has 75 valence electrons. The molecule has 13 heavy (non-hydrogen) atoms. The Bertz CT molecular complexity index is 152. The van der Waals surface area contributed by atoms with E-state index in [-0.39, 0.29) is 0 Å². The average Bonchev–Trinajstić information content (AvgIpc) is 2.61. The second-order valence-electron chi connectivity index (χ2n) is 4.43. The van der Waals surface area contributed by atoms with Crippen LogP contribution in [-0.2, 0) is 0 Å². The molecule has 0 saturated carbocycles. The predicted octanol–water partition coefficient (Wildman–Crippen LogP) is 1.78. The van der Waals surface area contributed by atoms with Crippen LogP contribution in [0.25, 0.3) is 0 Å². The van der Waals surface area contributed by atoms with Gasteiger partial charge in [0.15, 0.2) is 0 Å². The van der Waals surface area contributed by atoms with Crippen LogP contribution in [0.2, 0.25) is 0 Å². The minimum Gasteiger partial charge on any atom is -0.313 e. The Morgan fingerprint density at radius 3 is 3.00 bits per heavy atom. The molecule has 1 N–H and O–H groups in total. The van der Waals surface area contributed by atoms with Gasteiger partial charge in [-0.2, -0.15) is 0 Å². The first-order chi connectivity index (χ1) is 6.36. The van der Waals surface area contributed by atoms with E-state index in [9.17, 15) is 0 Å². The van der Waals surface area contributed by atoms with E-state index in [4.69, 9.17) is 0 Å². The molecular weight excluding hydrogens is 160 g/mol. The second kappa shape index (κ2) is 4.43. The normalized spacial score (nSPS) is 32.5. The summed E-state index contributed by atoms with van der Waals surface area (Å²) in [5, 5.41) is 3.57. The molecule has 2 heterocycles. The van der Waals surface area contributed by atoms with Crippen molar-refractivity contribution in [3.63, 3.8) is 0 Å². The predicted molar refractivity (Wildman–Crippen MR) is 55.4 cm³/mol. The maximum absolute atomic E-state index is 3.57. The summed E-state index contributed by atoms with van der Waals surface area (Å²) in [5.74, 6) is 0. The summed E-state index contributed by atoms with van der Waals surface area (Å²) >= 11 is 0. The third-order valence-electron chi connectivity index (χ3n) is 3.36. The maximum Gasteiger partial charge on any atom is 0.0363 e. The van der Waals surface area contributed by atoms with E-state index in [1.54, 1.807) is 6.04 Å². The lowest BCUT2D eigenvalue weighted by molar-refractivity contribution is 0.216. The molecule has 0 bridgehead atoms. The Hall–Kier alpha value is -0.0800. The lowest BCUT2D eigenvalue weighted by Crippen LogP contribution is -2.41. The summed E-state index contributed by atoms with van der Waals surface area (Å²) in [4.78, 5) is 2.59. The number of likely N-dealkylation sites (tertiary alicyclic amines) is 1. The lowest BCUT2D eigenvalue weighted by Gasteiger charge is -2.34. The van der Waals surface area contributed by atoms with Gasteiger partial charge in [-0.05, 0) is 45.7 Å². The molecule has 1 atom stereocenters. The van der Waals surface area contributed by atoms with Crippen LogP contribution < -0.4 is 5.32 Å². The molecule has 0 spiro atoms. The summed E-state index contributed by atoms with van der Waals surface area (Å²) in [5.41, 5.74) is 0. The number of nitrogens with one attached hydrogen (secondary N) is 1. The first-order valence-corrected chi connectivity index (χ1v) is 5.67. The standard InChI is InChI=1S/C11H21N2/c1-10-5-2-3-8-13(10)9-11-6-4-7-12-11/h11-12H,2-9H2,1H3. The fourth-order valence-corrected chi connectivity index (χ4v) is 2.46. The van der Waals surface area contributed by atoms with Gasteiger partial charge in [-0.15, -0.1) is 0 Å². The van der Waals surface area contributed by atoms with Crippen molar-refractivity contribution in [1.82, 2.24) is 10.2 Å². The van der Waals surface area contributed by atoms with Gasteiger partial charge < -0.3 is 5.32 Å². The summed E-state index contributed by atoms with van der Waals surface area (Å²) in [7, 11) is 0. The van der Waals surface area contributed by atoms with Crippen molar-refractivity contribution in [2.24, 2.45) is 0 Å². The van der Waals surface area contributed by atoms with Gasteiger partial charge in [0.1, 0.15) is 0 Å². The highest BCUT2D eigenvalue weighted by Crippen LogP contribution is 2.23.